The molecule has 0 aromatic heterocycles. The normalized spacial score (nSPS) is 36.7. The molecule has 1 spiro atoms. The Morgan fingerprint density at radius 1 is 1.39 bits per heavy atom. The van der Waals surface area contributed by atoms with E-state index in [1.807, 2.05) is 5.41 Å². The molecule has 4 heteroatoms. The molecule has 1 aliphatic heterocycles. The number of hydrogen-bond donors (Lipinski definition) is 0. The lowest BCUT2D eigenvalue weighted by Crippen LogP contribution is -2.50. The highest BCUT2D eigenvalue weighted by molar-refractivity contribution is 7.89. The van der Waals surface area contributed by atoms with Gasteiger partial charge in [0.2, 0.25) is 0 Å². The summed E-state index contributed by atoms with van der Waals surface area (Å²) in [5.41, 5.74) is 0. The van der Waals surface area contributed by atoms with E-state index in [0.717, 1.165) is 25.7 Å². The van der Waals surface area contributed by atoms with Crippen molar-refractivity contribution in [3.8, 4) is 0 Å². The standard InChI is InChI=1S/C14H26O2SSi/c1-13(2,3)18(4,5)16-12-8-6-9-14(12)10-7-11-17(14)15/h7,11-12H,6,8-10H2,1-5H3/t12-,14-,17-/m1/s1. The van der Waals surface area contributed by atoms with Crippen LogP contribution in [0.5, 0.6) is 0 Å². The predicted molar refractivity (Wildman–Crippen MR) is 80.6 cm³/mol. The van der Waals surface area contributed by atoms with Crippen LogP contribution in [0.25, 0.3) is 0 Å². The molecule has 1 aliphatic carbocycles. The molecule has 0 aromatic carbocycles. The van der Waals surface area contributed by atoms with E-state index in [1.54, 1.807) is 0 Å². The van der Waals surface area contributed by atoms with Crippen LogP contribution in [0.3, 0.4) is 0 Å². The summed E-state index contributed by atoms with van der Waals surface area (Å²) < 4.78 is 18.8. The molecule has 104 valence electrons. The lowest BCUT2D eigenvalue weighted by molar-refractivity contribution is 0.157. The molecule has 2 rings (SSSR count). The summed E-state index contributed by atoms with van der Waals surface area (Å²) in [7, 11) is -2.59. The minimum absolute atomic E-state index is 0.0878. The fourth-order valence-corrected chi connectivity index (χ4v) is 5.79. The maximum Gasteiger partial charge on any atom is 0.192 e. The summed E-state index contributed by atoms with van der Waals surface area (Å²) in [6.45, 7) is 11.4. The minimum atomic E-state index is -1.76. The van der Waals surface area contributed by atoms with E-state index >= 15 is 0 Å². The molecule has 0 radical (unpaired) electrons. The zero-order valence-corrected chi connectivity index (χ0v) is 14.1. The second kappa shape index (κ2) is 4.56. The lowest BCUT2D eigenvalue weighted by atomic mass is 10.0. The quantitative estimate of drug-likeness (QED) is 0.718. The van der Waals surface area contributed by atoms with Crippen LogP contribution >= 0.6 is 0 Å². The Bertz CT molecular complexity index is 384. The molecule has 3 atom stereocenters. The first kappa shape index (κ1) is 14.5. The lowest BCUT2D eigenvalue weighted by Gasteiger charge is -2.42. The van der Waals surface area contributed by atoms with Gasteiger partial charge in [-0.2, -0.15) is 0 Å². The Labute approximate surface area is 115 Å². The number of rotatable bonds is 2. The molecule has 0 aromatic rings. The summed E-state index contributed by atoms with van der Waals surface area (Å²) in [6, 6.07) is 0. The van der Waals surface area contributed by atoms with Crippen molar-refractivity contribution >= 4 is 19.1 Å². The van der Waals surface area contributed by atoms with Gasteiger partial charge in [0.1, 0.15) is 0 Å². The average Bonchev–Trinajstić information content (AvgIpc) is 2.76. The van der Waals surface area contributed by atoms with E-state index in [-0.39, 0.29) is 15.9 Å². The second-order valence-electron chi connectivity index (χ2n) is 7.20. The van der Waals surface area contributed by atoms with Gasteiger partial charge in [0.15, 0.2) is 8.32 Å². The maximum absolute atomic E-state index is 12.3. The smallest absolute Gasteiger partial charge is 0.192 e. The molecule has 0 unspecified atom stereocenters. The van der Waals surface area contributed by atoms with Gasteiger partial charge in [-0.05, 0) is 49.2 Å². The van der Waals surface area contributed by atoms with Crippen molar-refractivity contribution in [2.45, 2.75) is 75.4 Å². The third kappa shape index (κ3) is 2.27. The van der Waals surface area contributed by atoms with E-state index in [2.05, 4.69) is 39.9 Å². The maximum atomic E-state index is 12.3. The molecule has 1 saturated carbocycles. The molecular formula is C14H26O2SSi. The van der Waals surface area contributed by atoms with E-state index in [9.17, 15) is 4.21 Å². The van der Waals surface area contributed by atoms with Gasteiger partial charge in [0, 0.05) is 0 Å². The average molecular weight is 287 g/mol. The first-order valence-electron chi connectivity index (χ1n) is 6.94. The molecule has 0 amide bonds. The van der Waals surface area contributed by atoms with E-state index < -0.39 is 19.1 Å². The van der Waals surface area contributed by atoms with E-state index in [1.165, 1.54) is 0 Å². The molecule has 1 heterocycles. The predicted octanol–water partition coefficient (Wildman–Crippen LogP) is 3.97. The van der Waals surface area contributed by atoms with Crippen molar-refractivity contribution in [3.63, 3.8) is 0 Å². The number of allylic oxidation sites excluding steroid dienone is 1. The van der Waals surface area contributed by atoms with Crippen LogP contribution in [-0.4, -0.2) is 23.4 Å². The Kier molecular flexibility index (Phi) is 3.67. The fourth-order valence-electron chi connectivity index (χ4n) is 2.73. The van der Waals surface area contributed by atoms with Crippen LogP contribution in [0.15, 0.2) is 11.5 Å². The summed E-state index contributed by atoms with van der Waals surface area (Å²) in [5.74, 6) is 0. The van der Waals surface area contributed by atoms with Crippen LogP contribution in [0.4, 0.5) is 0 Å². The highest BCUT2D eigenvalue weighted by Gasteiger charge is 2.52. The summed E-state index contributed by atoms with van der Waals surface area (Å²) in [5, 5.41) is 2.11. The monoisotopic (exact) mass is 286 g/mol. The van der Waals surface area contributed by atoms with Crippen LogP contribution < -0.4 is 0 Å². The molecule has 1 fully saturated rings. The van der Waals surface area contributed by atoms with Crippen molar-refractivity contribution in [1.29, 1.82) is 0 Å². The second-order valence-corrected chi connectivity index (χ2v) is 13.6. The van der Waals surface area contributed by atoms with Crippen molar-refractivity contribution in [1.82, 2.24) is 0 Å². The van der Waals surface area contributed by atoms with Crippen LogP contribution in [0, 0.1) is 0 Å². The van der Waals surface area contributed by atoms with Gasteiger partial charge in [-0.25, -0.2) is 0 Å². The molecule has 0 bridgehead atoms. The van der Waals surface area contributed by atoms with Gasteiger partial charge in [-0.1, -0.05) is 26.8 Å². The van der Waals surface area contributed by atoms with Gasteiger partial charge in [-0.15, -0.1) is 0 Å². The highest BCUT2D eigenvalue weighted by Crippen LogP contribution is 2.47. The third-order valence-electron chi connectivity index (χ3n) is 4.98. The molecule has 2 nitrogen and oxygen atoms in total. The topological polar surface area (TPSA) is 26.3 Å². The van der Waals surface area contributed by atoms with Crippen molar-refractivity contribution in [2.24, 2.45) is 0 Å². The first-order valence-corrected chi connectivity index (χ1v) is 11.1. The highest BCUT2D eigenvalue weighted by atomic mass is 32.2. The van der Waals surface area contributed by atoms with Gasteiger partial charge >= 0.3 is 0 Å². The van der Waals surface area contributed by atoms with Crippen molar-refractivity contribution in [3.05, 3.63) is 11.5 Å². The molecular weight excluding hydrogens is 260 g/mol. The summed E-state index contributed by atoms with van der Waals surface area (Å²) in [6.07, 6.45) is 6.54. The molecule has 18 heavy (non-hydrogen) atoms. The zero-order valence-electron chi connectivity index (χ0n) is 12.3. The third-order valence-corrected chi connectivity index (χ3v) is 11.3. The van der Waals surface area contributed by atoms with Crippen LogP contribution in [-0.2, 0) is 15.2 Å². The van der Waals surface area contributed by atoms with E-state index in [4.69, 9.17) is 4.43 Å². The largest absolute Gasteiger partial charge is 0.412 e. The molecule has 0 N–H and O–H groups in total. The fraction of sp³-hybridized carbons (Fsp3) is 0.857. The first-order chi connectivity index (χ1) is 8.19. The SMILES string of the molecule is CC(C)(C)[Si](C)(C)O[C@@H]1CCC[C@@]12CC=C[S@]2=O. The van der Waals surface area contributed by atoms with Gasteiger partial charge in [0.25, 0.3) is 0 Å². The Morgan fingerprint density at radius 3 is 2.56 bits per heavy atom. The van der Waals surface area contributed by atoms with Crippen LogP contribution in [0.1, 0.15) is 46.5 Å². The van der Waals surface area contributed by atoms with Gasteiger partial charge < -0.3 is 4.43 Å². The minimum Gasteiger partial charge on any atom is -0.412 e. The number of hydrogen-bond acceptors (Lipinski definition) is 2. The van der Waals surface area contributed by atoms with Crippen molar-refractivity contribution in [2.75, 3.05) is 0 Å². The summed E-state index contributed by atoms with van der Waals surface area (Å²) in [4.78, 5) is 0. The van der Waals surface area contributed by atoms with Crippen LogP contribution in [0.2, 0.25) is 18.1 Å². The van der Waals surface area contributed by atoms with Gasteiger partial charge in [0.05, 0.1) is 21.7 Å². The Morgan fingerprint density at radius 2 is 2.06 bits per heavy atom. The Balaban J connectivity index is 2.17. The Hall–Kier alpha value is 0.0669. The summed E-state index contributed by atoms with van der Waals surface area (Å²) >= 11 is 0. The van der Waals surface area contributed by atoms with E-state index in [0.29, 0.717) is 0 Å². The van der Waals surface area contributed by atoms with Crippen molar-refractivity contribution < 1.29 is 8.63 Å². The molecule has 2 aliphatic rings. The molecule has 0 saturated heterocycles. The van der Waals surface area contributed by atoms with Gasteiger partial charge in [-0.3, -0.25) is 4.21 Å². The zero-order chi connectivity index (χ0) is 13.6.